The number of fused-ring (bicyclic) bond motifs is 3. The van der Waals surface area contributed by atoms with Gasteiger partial charge in [0.2, 0.25) is 0 Å². The zero-order chi connectivity index (χ0) is 18.3. The molecule has 0 radical (unpaired) electrons. The molecule has 0 aliphatic carbocycles. The fourth-order valence-electron chi connectivity index (χ4n) is 3.63. The summed E-state index contributed by atoms with van der Waals surface area (Å²) >= 11 is 0. The Balaban J connectivity index is 1.69. The van der Waals surface area contributed by atoms with E-state index in [9.17, 15) is 4.79 Å². The van der Waals surface area contributed by atoms with Crippen LogP contribution in [0.25, 0.3) is 10.9 Å². The maximum atomic E-state index is 12.8. The van der Waals surface area contributed by atoms with Crippen molar-refractivity contribution >= 4 is 17.0 Å². The maximum Gasteiger partial charge on any atom is 0.410 e. The van der Waals surface area contributed by atoms with Gasteiger partial charge in [0.05, 0.1) is 43.6 Å². The van der Waals surface area contributed by atoms with Crippen molar-refractivity contribution in [2.45, 2.75) is 45.1 Å². The van der Waals surface area contributed by atoms with Crippen LogP contribution in [-0.4, -0.2) is 58.8 Å². The summed E-state index contributed by atoms with van der Waals surface area (Å²) in [6, 6.07) is 7.80. The Bertz CT molecular complexity index is 811. The fraction of sp³-hybridized carbons (Fsp3) is 0.579. The van der Waals surface area contributed by atoms with Crippen LogP contribution < -0.4 is 0 Å². The SMILES string of the molecule is CC(C)(C)OC(=O)N1CCOC[C@H]1[C@@H]1OCCn2nc3ccccc3c21. The van der Waals surface area contributed by atoms with Crippen LogP contribution >= 0.6 is 0 Å². The molecule has 0 spiro atoms. The van der Waals surface area contributed by atoms with Crippen molar-refractivity contribution in [2.24, 2.45) is 0 Å². The Hall–Kier alpha value is -2.12. The molecule has 2 aromatic rings. The fourth-order valence-corrected chi connectivity index (χ4v) is 3.63. The van der Waals surface area contributed by atoms with Gasteiger partial charge in [0.15, 0.2) is 0 Å². The van der Waals surface area contributed by atoms with Crippen molar-refractivity contribution in [2.75, 3.05) is 26.4 Å². The quantitative estimate of drug-likeness (QED) is 0.783. The first-order chi connectivity index (χ1) is 12.4. The number of hydrogen-bond donors (Lipinski definition) is 0. The van der Waals surface area contributed by atoms with E-state index in [-0.39, 0.29) is 18.2 Å². The molecule has 1 amide bonds. The number of benzene rings is 1. The van der Waals surface area contributed by atoms with Gasteiger partial charge >= 0.3 is 6.09 Å². The summed E-state index contributed by atoms with van der Waals surface area (Å²) in [5.41, 5.74) is 1.41. The number of hydrogen-bond acceptors (Lipinski definition) is 5. The van der Waals surface area contributed by atoms with Gasteiger partial charge in [-0.2, -0.15) is 5.10 Å². The minimum atomic E-state index is -0.540. The molecule has 0 bridgehead atoms. The molecule has 2 aliphatic rings. The highest BCUT2D eigenvalue weighted by atomic mass is 16.6. The summed E-state index contributed by atoms with van der Waals surface area (Å²) in [5.74, 6) is 0. The van der Waals surface area contributed by atoms with Crippen LogP contribution in [0.15, 0.2) is 24.3 Å². The number of aromatic nitrogens is 2. The smallest absolute Gasteiger partial charge is 0.410 e. The monoisotopic (exact) mass is 359 g/mol. The Kier molecular flexibility index (Phi) is 4.36. The number of carbonyl (C=O) groups excluding carboxylic acids is 1. The van der Waals surface area contributed by atoms with Gasteiger partial charge in [0.25, 0.3) is 0 Å². The summed E-state index contributed by atoms with van der Waals surface area (Å²) in [5, 5.41) is 5.75. The van der Waals surface area contributed by atoms with Crippen molar-refractivity contribution in [1.29, 1.82) is 0 Å². The molecule has 1 saturated heterocycles. The average Bonchev–Trinajstić information content (AvgIpc) is 2.99. The Morgan fingerprint density at radius 2 is 2.04 bits per heavy atom. The predicted molar refractivity (Wildman–Crippen MR) is 96.0 cm³/mol. The minimum Gasteiger partial charge on any atom is -0.444 e. The first kappa shape index (κ1) is 17.3. The molecule has 1 fully saturated rings. The zero-order valence-corrected chi connectivity index (χ0v) is 15.5. The molecule has 1 aromatic heterocycles. The lowest BCUT2D eigenvalue weighted by Gasteiger charge is -2.41. The number of rotatable bonds is 1. The first-order valence-electron chi connectivity index (χ1n) is 9.08. The summed E-state index contributed by atoms with van der Waals surface area (Å²) in [7, 11) is 0. The molecular weight excluding hydrogens is 334 g/mol. The molecule has 26 heavy (non-hydrogen) atoms. The average molecular weight is 359 g/mol. The van der Waals surface area contributed by atoms with Gasteiger partial charge in [-0.25, -0.2) is 4.79 Å². The lowest BCUT2D eigenvalue weighted by Crippen LogP contribution is -2.54. The Labute approximate surface area is 152 Å². The third kappa shape index (κ3) is 3.17. The van der Waals surface area contributed by atoms with E-state index in [0.29, 0.717) is 32.9 Å². The lowest BCUT2D eigenvalue weighted by atomic mass is 10.0. The van der Waals surface area contributed by atoms with E-state index < -0.39 is 5.60 Å². The summed E-state index contributed by atoms with van der Waals surface area (Å²) in [6.07, 6.45) is -0.612. The molecule has 2 aliphatic heterocycles. The molecule has 0 unspecified atom stereocenters. The molecular formula is C19H25N3O4. The number of morpholine rings is 1. The van der Waals surface area contributed by atoms with Crippen LogP contribution in [0.1, 0.15) is 32.6 Å². The van der Waals surface area contributed by atoms with E-state index in [1.54, 1.807) is 4.90 Å². The Morgan fingerprint density at radius 1 is 1.23 bits per heavy atom. The standard InChI is InChI=1S/C19H25N3O4/c1-19(2,3)26-18(23)21-8-10-24-12-15(21)17-16-13-6-4-5-7-14(13)20-22(16)9-11-25-17/h4-7,15,17H,8-12H2,1-3H3/t15-,17-/m0/s1. The van der Waals surface area contributed by atoms with Gasteiger partial charge in [-0.05, 0) is 26.8 Å². The van der Waals surface area contributed by atoms with Crippen molar-refractivity contribution in [3.63, 3.8) is 0 Å². The van der Waals surface area contributed by atoms with Crippen molar-refractivity contribution in [3.8, 4) is 0 Å². The lowest BCUT2D eigenvalue weighted by molar-refractivity contribution is -0.0977. The molecule has 4 rings (SSSR count). The molecule has 0 saturated carbocycles. The largest absolute Gasteiger partial charge is 0.444 e. The highest BCUT2D eigenvalue weighted by Gasteiger charge is 2.40. The summed E-state index contributed by atoms with van der Waals surface area (Å²) in [6.45, 7) is 8.31. The van der Waals surface area contributed by atoms with Crippen LogP contribution in [0.3, 0.4) is 0 Å². The van der Waals surface area contributed by atoms with Crippen molar-refractivity contribution < 1.29 is 19.0 Å². The second-order valence-electron chi connectivity index (χ2n) is 7.73. The van der Waals surface area contributed by atoms with Crippen LogP contribution in [0.2, 0.25) is 0 Å². The maximum absolute atomic E-state index is 12.8. The number of amides is 1. The topological polar surface area (TPSA) is 65.8 Å². The van der Waals surface area contributed by atoms with Gasteiger partial charge < -0.3 is 14.2 Å². The molecule has 140 valence electrons. The van der Waals surface area contributed by atoms with E-state index in [1.807, 2.05) is 43.7 Å². The minimum absolute atomic E-state index is 0.238. The van der Waals surface area contributed by atoms with E-state index in [0.717, 1.165) is 16.6 Å². The number of ether oxygens (including phenoxy) is 3. The van der Waals surface area contributed by atoms with Crippen LogP contribution in [0.4, 0.5) is 4.79 Å². The van der Waals surface area contributed by atoms with E-state index in [2.05, 4.69) is 11.2 Å². The molecule has 7 heteroatoms. The van der Waals surface area contributed by atoms with E-state index in [1.165, 1.54) is 0 Å². The van der Waals surface area contributed by atoms with Crippen LogP contribution in [0, 0.1) is 0 Å². The van der Waals surface area contributed by atoms with Gasteiger partial charge in [0.1, 0.15) is 11.7 Å². The normalized spacial score (nSPS) is 23.7. The third-order valence-corrected chi connectivity index (χ3v) is 4.70. The number of nitrogens with zero attached hydrogens (tertiary/aromatic N) is 3. The van der Waals surface area contributed by atoms with Gasteiger partial charge in [0, 0.05) is 11.9 Å². The summed E-state index contributed by atoms with van der Waals surface area (Å²) < 4.78 is 19.4. The van der Waals surface area contributed by atoms with Gasteiger partial charge in [-0.1, -0.05) is 18.2 Å². The second-order valence-corrected chi connectivity index (χ2v) is 7.73. The van der Waals surface area contributed by atoms with Gasteiger partial charge in [-0.3, -0.25) is 9.58 Å². The van der Waals surface area contributed by atoms with Crippen molar-refractivity contribution in [1.82, 2.24) is 14.7 Å². The van der Waals surface area contributed by atoms with E-state index in [4.69, 9.17) is 14.2 Å². The zero-order valence-electron chi connectivity index (χ0n) is 15.5. The van der Waals surface area contributed by atoms with Crippen molar-refractivity contribution in [3.05, 3.63) is 30.0 Å². The highest BCUT2D eigenvalue weighted by molar-refractivity contribution is 5.82. The van der Waals surface area contributed by atoms with Gasteiger partial charge in [-0.15, -0.1) is 0 Å². The Morgan fingerprint density at radius 3 is 2.85 bits per heavy atom. The first-order valence-corrected chi connectivity index (χ1v) is 9.08. The molecule has 2 atom stereocenters. The predicted octanol–water partition coefficient (Wildman–Crippen LogP) is 2.74. The molecule has 7 nitrogen and oxygen atoms in total. The molecule has 1 aromatic carbocycles. The molecule has 0 N–H and O–H groups in total. The third-order valence-electron chi connectivity index (χ3n) is 4.70. The van der Waals surface area contributed by atoms with Crippen LogP contribution in [0.5, 0.6) is 0 Å². The van der Waals surface area contributed by atoms with E-state index >= 15 is 0 Å². The van der Waals surface area contributed by atoms with Crippen LogP contribution in [-0.2, 0) is 20.8 Å². The second kappa shape index (κ2) is 6.55. The summed E-state index contributed by atoms with van der Waals surface area (Å²) in [4.78, 5) is 14.5. The molecule has 3 heterocycles. The number of carbonyl (C=O) groups is 1. The highest BCUT2D eigenvalue weighted by Crippen LogP contribution is 2.35.